The number of hydrogen-bond donors (Lipinski definition) is 1. The van der Waals surface area contributed by atoms with Crippen LogP contribution in [0.4, 0.5) is 18.9 Å². The summed E-state index contributed by atoms with van der Waals surface area (Å²) in [5, 5.41) is 3.13. The summed E-state index contributed by atoms with van der Waals surface area (Å²) < 4.78 is 43.7. The van der Waals surface area contributed by atoms with Gasteiger partial charge in [0.2, 0.25) is 0 Å². The zero-order valence-corrected chi connectivity index (χ0v) is 13.8. The van der Waals surface area contributed by atoms with Crippen molar-refractivity contribution in [2.45, 2.75) is 6.18 Å². The largest absolute Gasteiger partial charge is 0.492 e. The Morgan fingerprint density at radius 2 is 1.83 bits per heavy atom. The molecule has 0 amide bonds. The highest BCUT2D eigenvalue weighted by Crippen LogP contribution is 2.30. The number of benzene rings is 2. The Labute approximate surface area is 144 Å². The SMILES string of the molecule is CN(CCOc1ccccc1)C(=S)Nc1cccc(C(F)(F)F)c1. The van der Waals surface area contributed by atoms with Crippen LogP contribution >= 0.6 is 12.2 Å². The molecular formula is C17H17F3N2OS. The van der Waals surface area contributed by atoms with E-state index in [1.807, 2.05) is 30.3 Å². The second kappa shape index (κ2) is 8.01. The lowest BCUT2D eigenvalue weighted by molar-refractivity contribution is -0.137. The van der Waals surface area contributed by atoms with Gasteiger partial charge in [0.05, 0.1) is 12.1 Å². The van der Waals surface area contributed by atoms with Gasteiger partial charge in [-0.2, -0.15) is 13.2 Å². The van der Waals surface area contributed by atoms with E-state index < -0.39 is 11.7 Å². The number of likely N-dealkylation sites (N-methyl/N-ethyl adjacent to an activating group) is 1. The van der Waals surface area contributed by atoms with Gasteiger partial charge in [-0.05, 0) is 42.5 Å². The van der Waals surface area contributed by atoms with Crippen LogP contribution in [0.1, 0.15) is 5.56 Å². The first kappa shape index (κ1) is 18.1. The van der Waals surface area contributed by atoms with E-state index in [1.165, 1.54) is 12.1 Å². The van der Waals surface area contributed by atoms with Crippen molar-refractivity contribution in [3.8, 4) is 5.75 Å². The van der Waals surface area contributed by atoms with E-state index in [0.717, 1.165) is 17.9 Å². The predicted octanol–water partition coefficient (Wildman–Crippen LogP) is 4.41. The Balaban J connectivity index is 1.85. The molecule has 0 aliphatic carbocycles. The molecule has 0 aliphatic rings. The van der Waals surface area contributed by atoms with E-state index in [2.05, 4.69) is 5.32 Å². The van der Waals surface area contributed by atoms with E-state index in [0.29, 0.717) is 24.0 Å². The van der Waals surface area contributed by atoms with Gasteiger partial charge in [-0.3, -0.25) is 0 Å². The highest BCUT2D eigenvalue weighted by Gasteiger charge is 2.30. The normalized spacial score (nSPS) is 11.0. The summed E-state index contributed by atoms with van der Waals surface area (Å²) in [6.45, 7) is 0.907. The second-order valence-corrected chi connectivity index (χ2v) is 5.48. The zero-order chi connectivity index (χ0) is 17.6. The lowest BCUT2D eigenvalue weighted by Gasteiger charge is -2.21. The molecule has 3 nitrogen and oxygen atoms in total. The van der Waals surface area contributed by atoms with Crippen LogP contribution in [-0.4, -0.2) is 30.2 Å². The third-order valence-corrected chi connectivity index (χ3v) is 3.64. The molecule has 0 atom stereocenters. The van der Waals surface area contributed by atoms with Gasteiger partial charge < -0.3 is 15.0 Å². The summed E-state index contributed by atoms with van der Waals surface area (Å²) in [6.07, 6.45) is -4.38. The number of para-hydroxylation sites is 1. The first-order valence-corrected chi connectivity index (χ1v) is 7.64. The van der Waals surface area contributed by atoms with Crippen LogP contribution in [0.2, 0.25) is 0 Å². The molecule has 0 aromatic heterocycles. The topological polar surface area (TPSA) is 24.5 Å². The Bertz CT molecular complexity index is 677. The molecule has 1 N–H and O–H groups in total. The average Bonchev–Trinajstić information content (AvgIpc) is 2.55. The maximum absolute atomic E-state index is 12.7. The third-order valence-electron chi connectivity index (χ3n) is 3.23. The fourth-order valence-corrected chi connectivity index (χ4v) is 2.12. The smallest absolute Gasteiger partial charge is 0.416 e. The monoisotopic (exact) mass is 354 g/mol. The summed E-state index contributed by atoms with van der Waals surface area (Å²) in [5.74, 6) is 0.752. The van der Waals surface area contributed by atoms with Crippen molar-refractivity contribution in [2.75, 3.05) is 25.5 Å². The van der Waals surface area contributed by atoms with Gasteiger partial charge in [0.25, 0.3) is 0 Å². The molecule has 7 heteroatoms. The molecular weight excluding hydrogens is 337 g/mol. The summed E-state index contributed by atoms with van der Waals surface area (Å²) in [7, 11) is 1.75. The van der Waals surface area contributed by atoms with E-state index >= 15 is 0 Å². The average molecular weight is 354 g/mol. The predicted molar refractivity (Wildman–Crippen MR) is 92.2 cm³/mol. The molecule has 0 saturated heterocycles. The molecule has 0 heterocycles. The number of rotatable bonds is 5. The molecule has 2 rings (SSSR count). The Hall–Kier alpha value is -2.28. The van der Waals surface area contributed by atoms with Crippen LogP contribution in [0.3, 0.4) is 0 Å². The Morgan fingerprint density at radius 1 is 1.12 bits per heavy atom. The van der Waals surface area contributed by atoms with Gasteiger partial charge in [-0.15, -0.1) is 0 Å². The molecule has 0 radical (unpaired) electrons. The lowest BCUT2D eigenvalue weighted by Crippen LogP contribution is -2.34. The van der Waals surface area contributed by atoms with Crippen LogP contribution < -0.4 is 10.1 Å². The molecule has 0 unspecified atom stereocenters. The van der Waals surface area contributed by atoms with Gasteiger partial charge in [0, 0.05) is 12.7 Å². The van der Waals surface area contributed by atoms with Crippen molar-refractivity contribution in [1.82, 2.24) is 4.90 Å². The highest BCUT2D eigenvalue weighted by atomic mass is 32.1. The number of hydrogen-bond acceptors (Lipinski definition) is 2. The summed E-state index contributed by atoms with van der Waals surface area (Å²) in [5.41, 5.74) is -0.420. The molecule has 0 saturated carbocycles. The quantitative estimate of drug-likeness (QED) is 0.804. The van der Waals surface area contributed by atoms with Crippen LogP contribution in [0.5, 0.6) is 5.75 Å². The Kier molecular flexibility index (Phi) is 6.03. The van der Waals surface area contributed by atoms with Crippen LogP contribution in [-0.2, 0) is 6.18 Å². The van der Waals surface area contributed by atoms with E-state index in [1.54, 1.807) is 11.9 Å². The molecule has 0 spiro atoms. The third kappa shape index (κ3) is 5.42. The summed E-state index contributed by atoms with van der Waals surface area (Å²) in [4.78, 5) is 1.71. The number of anilines is 1. The molecule has 2 aromatic rings. The van der Waals surface area contributed by atoms with Crippen LogP contribution in [0.25, 0.3) is 0 Å². The minimum Gasteiger partial charge on any atom is -0.492 e. The van der Waals surface area contributed by atoms with Crippen molar-refractivity contribution < 1.29 is 17.9 Å². The standard InChI is InChI=1S/C17H17F3N2OS/c1-22(10-11-23-15-8-3-2-4-9-15)16(24)21-14-7-5-6-13(12-14)17(18,19)20/h2-9,12H,10-11H2,1H3,(H,21,24). The minimum atomic E-state index is -4.38. The fraction of sp³-hybridized carbons (Fsp3) is 0.235. The molecule has 128 valence electrons. The van der Waals surface area contributed by atoms with Crippen molar-refractivity contribution in [3.05, 3.63) is 60.2 Å². The maximum atomic E-state index is 12.7. The van der Waals surface area contributed by atoms with Crippen molar-refractivity contribution in [2.24, 2.45) is 0 Å². The second-order valence-electron chi connectivity index (χ2n) is 5.09. The number of thiocarbonyl (C=S) groups is 1. The molecule has 24 heavy (non-hydrogen) atoms. The van der Waals surface area contributed by atoms with Crippen LogP contribution in [0, 0.1) is 0 Å². The van der Waals surface area contributed by atoms with E-state index in [-0.39, 0.29) is 0 Å². The zero-order valence-electron chi connectivity index (χ0n) is 13.0. The summed E-state index contributed by atoms with van der Waals surface area (Å²) >= 11 is 5.20. The van der Waals surface area contributed by atoms with Crippen molar-refractivity contribution in [3.63, 3.8) is 0 Å². The van der Waals surface area contributed by atoms with E-state index in [9.17, 15) is 13.2 Å². The van der Waals surface area contributed by atoms with Gasteiger partial charge >= 0.3 is 6.18 Å². The molecule has 0 bridgehead atoms. The van der Waals surface area contributed by atoms with Gasteiger partial charge in [-0.25, -0.2) is 0 Å². The van der Waals surface area contributed by atoms with Crippen molar-refractivity contribution in [1.29, 1.82) is 0 Å². The Morgan fingerprint density at radius 3 is 2.50 bits per heavy atom. The minimum absolute atomic E-state index is 0.297. The summed E-state index contributed by atoms with van der Waals surface area (Å²) in [6, 6.07) is 14.3. The number of alkyl halides is 3. The number of nitrogens with one attached hydrogen (secondary N) is 1. The first-order chi connectivity index (χ1) is 11.4. The molecule has 0 aliphatic heterocycles. The van der Waals surface area contributed by atoms with Gasteiger partial charge in [-0.1, -0.05) is 24.3 Å². The van der Waals surface area contributed by atoms with Crippen LogP contribution in [0.15, 0.2) is 54.6 Å². The van der Waals surface area contributed by atoms with Gasteiger partial charge in [0.15, 0.2) is 5.11 Å². The fourth-order valence-electron chi connectivity index (χ4n) is 1.91. The van der Waals surface area contributed by atoms with Crippen molar-refractivity contribution >= 4 is 23.0 Å². The number of nitrogens with zero attached hydrogens (tertiary/aromatic N) is 1. The number of halogens is 3. The maximum Gasteiger partial charge on any atom is 0.416 e. The van der Waals surface area contributed by atoms with Gasteiger partial charge in [0.1, 0.15) is 12.4 Å². The molecule has 0 fully saturated rings. The molecule has 2 aromatic carbocycles. The number of ether oxygens (including phenoxy) is 1. The lowest BCUT2D eigenvalue weighted by atomic mass is 10.2. The highest BCUT2D eigenvalue weighted by molar-refractivity contribution is 7.80. The van der Waals surface area contributed by atoms with E-state index in [4.69, 9.17) is 17.0 Å². The first-order valence-electron chi connectivity index (χ1n) is 7.23.